The summed E-state index contributed by atoms with van der Waals surface area (Å²) in [7, 11) is 2.96. The molecule has 0 radical (unpaired) electrons. The van der Waals surface area contributed by atoms with Gasteiger partial charge >= 0.3 is 5.97 Å². The minimum absolute atomic E-state index is 0.0781. The summed E-state index contributed by atoms with van der Waals surface area (Å²) in [6.45, 7) is 9.66. The zero-order valence-electron chi connectivity index (χ0n) is 22.9. The molecule has 1 amide bonds. The molecule has 1 unspecified atom stereocenters. The summed E-state index contributed by atoms with van der Waals surface area (Å²) < 4.78 is 16.9. The Morgan fingerprint density at radius 3 is 2.39 bits per heavy atom. The van der Waals surface area contributed by atoms with Gasteiger partial charge in [0, 0.05) is 30.3 Å². The first-order valence-electron chi connectivity index (χ1n) is 12.3. The summed E-state index contributed by atoms with van der Waals surface area (Å²) in [4.78, 5) is 38.9. The van der Waals surface area contributed by atoms with E-state index in [1.165, 1.54) is 27.1 Å². The number of amides is 1. The summed E-state index contributed by atoms with van der Waals surface area (Å²) >= 11 is 0. The van der Waals surface area contributed by atoms with E-state index in [4.69, 9.17) is 19.6 Å². The molecule has 0 bridgehead atoms. The second-order valence-corrected chi connectivity index (χ2v) is 10.0. The number of Topliss-reactive ketones (excluding diaryl/α,β-unsaturated/α-hetero) is 1. The number of hydrogen-bond donors (Lipinski definition) is 3. The van der Waals surface area contributed by atoms with E-state index in [-0.39, 0.29) is 35.6 Å². The predicted molar refractivity (Wildman–Crippen MR) is 142 cm³/mol. The van der Waals surface area contributed by atoms with E-state index in [1.54, 1.807) is 23.1 Å². The van der Waals surface area contributed by atoms with Crippen molar-refractivity contribution in [3.8, 4) is 17.2 Å². The molecule has 2 aromatic carbocycles. The molecule has 0 aromatic heterocycles. The second kappa shape index (κ2) is 11.1. The van der Waals surface area contributed by atoms with Crippen molar-refractivity contribution in [1.82, 2.24) is 10.2 Å². The first-order chi connectivity index (χ1) is 17.8. The van der Waals surface area contributed by atoms with Crippen LogP contribution in [0.15, 0.2) is 24.3 Å². The van der Waals surface area contributed by atoms with Gasteiger partial charge in [0.25, 0.3) is 5.91 Å². The van der Waals surface area contributed by atoms with Gasteiger partial charge in [-0.3, -0.25) is 15.0 Å². The van der Waals surface area contributed by atoms with Crippen molar-refractivity contribution in [2.24, 2.45) is 0 Å². The maximum atomic E-state index is 13.5. The predicted octanol–water partition coefficient (Wildman–Crippen LogP) is 3.63. The average Bonchev–Trinajstić information content (AvgIpc) is 3.16. The topological polar surface area (TPSA) is 138 Å². The van der Waals surface area contributed by atoms with Crippen LogP contribution in [0.4, 0.5) is 0 Å². The van der Waals surface area contributed by atoms with E-state index >= 15 is 0 Å². The number of ketones is 1. The summed E-state index contributed by atoms with van der Waals surface area (Å²) in [5.74, 6) is -0.591. The number of carbonyl (C=O) groups is 3. The van der Waals surface area contributed by atoms with Crippen LogP contribution in [0.5, 0.6) is 17.2 Å². The number of aliphatic carboxylic acids is 1. The van der Waals surface area contributed by atoms with Gasteiger partial charge in [-0.1, -0.05) is 20.8 Å². The van der Waals surface area contributed by atoms with Crippen molar-refractivity contribution in [3.63, 3.8) is 0 Å². The summed E-state index contributed by atoms with van der Waals surface area (Å²) in [6.07, 6.45) is -1.11. The van der Waals surface area contributed by atoms with Gasteiger partial charge in [-0.2, -0.15) is 0 Å². The van der Waals surface area contributed by atoms with Gasteiger partial charge in [-0.25, -0.2) is 4.79 Å². The van der Waals surface area contributed by atoms with E-state index in [1.807, 2.05) is 27.7 Å². The molecule has 0 saturated carbocycles. The van der Waals surface area contributed by atoms with Gasteiger partial charge in [0.05, 0.1) is 25.8 Å². The fourth-order valence-corrected chi connectivity index (χ4v) is 4.24. The Kier molecular flexibility index (Phi) is 8.34. The number of carboxylic acid groups (broad SMARTS) is 1. The average molecular weight is 526 g/mol. The van der Waals surface area contributed by atoms with Gasteiger partial charge in [-0.15, -0.1) is 0 Å². The number of hydrogen-bond acceptors (Lipinski definition) is 7. The van der Waals surface area contributed by atoms with Gasteiger partial charge in [0.15, 0.2) is 23.4 Å². The van der Waals surface area contributed by atoms with Crippen molar-refractivity contribution < 1.29 is 33.7 Å². The fraction of sp³-hybridized carbons (Fsp3) is 0.429. The number of ether oxygens (including phenoxy) is 3. The van der Waals surface area contributed by atoms with Crippen molar-refractivity contribution in [2.45, 2.75) is 52.7 Å². The molecule has 10 heteroatoms. The number of nitrogens with one attached hydrogen (secondary N) is 2. The van der Waals surface area contributed by atoms with Crippen LogP contribution >= 0.6 is 0 Å². The molecular formula is C28H35N3O7. The molecule has 0 fully saturated rings. The molecule has 10 nitrogen and oxygen atoms in total. The Labute approximate surface area is 222 Å². The third kappa shape index (κ3) is 5.74. The highest BCUT2D eigenvalue weighted by Crippen LogP contribution is 2.41. The monoisotopic (exact) mass is 525 g/mol. The highest BCUT2D eigenvalue weighted by Gasteiger charge is 2.31. The molecule has 1 heterocycles. The molecule has 3 N–H and O–H groups in total. The van der Waals surface area contributed by atoms with Crippen LogP contribution in [0.3, 0.4) is 0 Å². The second-order valence-electron chi connectivity index (χ2n) is 10.0. The lowest BCUT2D eigenvalue weighted by Crippen LogP contribution is -2.30. The Morgan fingerprint density at radius 2 is 1.84 bits per heavy atom. The molecule has 3 rings (SSSR count). The number of nitrogens with zero attached hydrogens (tertiary/aromatic N) is 1. The van der Waals surface area contributed by atoms with Crippen LogP contribution in [0.25, 0.3) is 0 Å². The number of rotatable bonds is 10. The molecule has 2 aromatic rings. The quantitative estimate of drug-likeness (QED) is 0.400. The van der Waals surface area contributed by atoms with Crippen LogP contribution in [0, 0.1) is 5.41 Å². The summed E-state index contributed by atoms with van der Waals surface area (Å²) in [5, 5.41) is 20.6. The zero-order valence-corrected chi connectivity index (χ0v) is 22.9. The Morgan fingerprint density at radius 1 is 1.16 bits per heavy atom. The standard InChI is InChI=1S/C28H35N3O7/c1-8-37-22-11-17-13-31(25(29)18(17)12-19(22)26(33)30-6)14-21(32)16-9-20(28(3,4)5)24(23(10-16)36-7)38-15(2)27(34)35/h9-12,15,29H,8,13-14H2,1-7H3,(H,30,33)(H,34,35). The van der Waals surface area contributed by atoms with Gasteiger partial charge in [0.2, 0.25) is 0 Å². The van der Waals surface area contributed by atoms with Crippen LogP contribution in [-0.2, 0) is 16.8 Å². The number of carboxylic acids is 1. The lowest BCUT2D eigenvalue weighted by atomic mass is 9.84. The number of carbonyl (C=O) groups excluding carboxylic acids is 2. The molecule has 0 saturated heterocycles. The summed E-state index contributed by atoms with van der Waals surface area (Å²) in [6, 6.07) is 6.60. The SMILES string of the molecule is CCOc1cc2c(cc1C(=O)NC)C(=N)N(CC(=O)c1cc(OC)c(OC(C)C(=O)O)c(C(C)(C)C)c1)C2. The van der Waals surface area contributed by atoms with Crippen LogP contribution in [-0.4, -0.2) is 66.9 Å². The van der Waals surface area contributed by atoms with Crippen LogP contribution in [0.2, 0.25) is 0 Å². The van der Waals surface area contributed by atoms with E-state index in [9.17, 15) is 19.5 Å². The third-order valence-electron chi connectivity index (χ3n) is 6.29. The molecule has 1 atom stereocenters. The maximum Gasteiger partial charge on any atom is 0.344 e. The van der Waals surface area contributed by atoms with E-state index < -0.39 is 17.5 Å². The molecule has 204 valence electrons. The molecule has 0 aliphatic carbocycles. The molecule has 38 heavy (non-hydrogen) atoms. The first-order valence-corrected chi connectivity index (χ1v) is 12.3. The lowest BCUT2D eigenvalue weighted by molar-refractivity contribution is -0.144. The highest BCUT2D eigenvalue weighted by molar-refractivity contribution is 6.07. The minimum atomic E-state index is -1.12. The Balaban J connectivity index is 1.94. The van der Waals surface area contributed by atoms with E-state index in [0.717, 1.165) is 5.56 Å². The molecule has 0 spiro atoms. The Bertz CT molecular complexity index is 1280. The third-order valence-corrected chi connectivity index (χ3v) is 6.29. The smallest absolute Gasteiger partial charge is 0.344 e. The maximum absolute atomic E-state index is 13.5. The van der Waals surface area contributed by atoms with Gasteiger partial charge in [-0.05, 0) is 49.1 Å². The highest BCUT2D eigenvalue weighted by atomic mass is 16.5. The number of methoxy groups -OCH3 is 1. The van der Waals surface area contributed by atoms with Crippen molar-refractivity contribution >= 4 is 23.5 Å². The van der Waals surface area contributed by atoms with Crippen molar-refractivity contribution in [1.29, 1.82) is 5.41 Å². The van der Waals surface area contributed by atoms with Crippen molar-refractivity contribution in [3.05, 3.63) is 52.1 Å². The minimum Gasteiger partial charge on any atom is -0.493 e. The molecule has 1 aliphatic rings. The summed E-state index contributed by atoms with van der Waals surface area (Å²) in [5.41, 5.74) is 2.19. The van der Waals surface area contributed by atoms with Crippen molar-refractivity contribution in [2.75, 3.05) is 27.3 Å². The molecule has 1 aliphatic heterocycles. The van der Waals surface area contributed by atoms with Gasteiger partial charge < -0.3 is 29.5 Å². The fourth-order valence-electron chi connectivity index (χ4n) is 4.24. The molecular weight excluding hydrogens is 490 g/mol. The largest absolute Gasteiger partial charge is 0.493 e. The number of amidine groups is 1. The lowest BCUT2D eigenvalue weighted by Gasteiger charge is -2.26. The van der Waals surface area contributed by atoms with E-state index in [0.29, 0.717) is 41.2 Å². The number of fused-ring (bicyclic) bond motifs is 1. The normalized spacial score (nSPS) is 13.6. The van der Waals surface area contributed by atoms with Crippen LogP contribution in [0.1, 0.15) is 72.0 Å². The zero-order chi connectivity index (χ0) is 28.4. The van der Waals surface area contributed by atoms with Gasteiger partial charge in [0.1, 0.15) is 11.6 Å². The van der Waals surface area contributed by atoms with E-state index in [2.05, 4.69) is 5.32 Å². The number of benzene rings is 2. The van der Waals surface area contributed by atoms with Crippen LogP contribution < -0.4 is 19.5 Å². The Hall–Kier alpha value is -4.08. The first kappa shape index (κ1) is 28.5.